The van der Waals surface area contributed by atoms with E-state index in [1.165, 1.54) is 12.1 Å². The molecule has 0 spiro atoms. The molecule has 8 nitrogen and oxygen atoms in total. The Balaban J connectivity index is 1.96. The lowest BCUT2D eigenvalue weighted by atomic mass is 9.78. The van der Waals surface area contributed by atoms with Crippen molar-refractivity contribution in [2.24, 2.45) is 0 Å². The quantitative estimate of drug-likeness (QED) is 0.455. The van der Waals surface area contributed by atoms with E-state index in [9.17, 15) is 20.2 Å². The predicted octanol–water partition coefficient (Wildman–Crippen LogP) is 3.03. The third-order valence-corrected chi connectivity index (χ3v) is 5.15. The fraction of sp³-hybridized carbons (Fsp3) is 0.333. The molecule has 0 aliphatic carbocycles. The highest BCUT2D eigenvalue weighted by atomic mass is 16.7. The molecule has 1 aliphatic rings. The molecular formula is C18H19BN2O6. The van der Waals surface area contributed by atoms with Crippen LogP contribution in [0.15, 0.2) is 48.5 Å². The van der Waals surface area contributed by atoms with Crippen LogP contribution in [0.2, 0.25) is 0 Å². The van der Waals surface area contributed by atoms with Crippen molar-refractivity contribution >= 4 is 24.0 Å². The van der Waals surface area contributed by atoms with Crippen LogP contribution in [-0.2, 0) is 15.7 Å². The molecule has 0 N–H and O–H groups in total. The van der Waals surface area contributed by atoms with E-state index < -0.39 is 28.2 Å². The van der Waals surface area contributed by atoms with Crippen molar-refractivity contribution in [1.29, 1.82) is 0 Å². The lowest BCUT2D eigenvalue weighted by Gasteiger charge is -2.36. The van der Waals surface area contributed by atoms with E-state index >= 15 is 0 Å². The van der Waals surface area contributed by atoms with Gasteiger partial charge in [-0.1, -0.05) is 36.4 Å². The molecule has 1 fully saturated rings. The van der Waals surface area contributed by atoms with E-state index in [0.717, 1.165) is 0 Å². The van der Waals surface area contributed by atoms with Crippen LogP contribution < -0.4 is 5.46 Å². The smallest absolute Gasteiger partial charge is 0.399 e. The fourth-order valence-corrected chi connectivity index (χ4v) is 3.23. The van der Waals surface area contributed by atoms with Crippen molar-refractivity contribution < 1.29 is 19.2 Å². The topological polar surface area (TPSA) is 105 Å². The van der Waals surface area contributed by atoms with Gasteiger partial charge in [0.25, 0.3) is 11.4 Å². The Labute approximate surface area is 156 Å². The SMILES string of the molecule is CC1(C)OB(c2ccccc2[N+](=O)[O-])OC1(C)Cc1ccccc1[N+](=O)[O-]. The number of hydrogen-bond donors (Lipinski definition) is 0. The number of nitrogens with zero attached hydrogens (tertiary/aromatic N) is 2. The summed E-state index contributed by atoms with van der Waals surface area (Å²) in [6.45, 7) is 5.44. The van der Waals surface area contributed by atoms with Crippen molar-refractivity contribution in [1.82, 2.24) is 0 Å². The zero-order chi connectivity index (χ0) is 19.8. The summed E-state index contributed by atoms with van der Waals surface area (Å²) in [5.41, 5.74) is -0.995. The molecule has 27 heavy (non-hydrogen) atoms. The summed E-state index contributed by atoms with van der Waals surface area (Å²) in [6.07, 6.45) is 0.230. The summed E-state index contributed by atoms with van der Waals surface area (Å²) in [5, 5.41) is 22.7. The number of nitro groups is 2. The summed E-state index contributed by atoms with van der Waals surface area (Å²) in [6, 6.07) is 12.7. The third kappa shape index (κ3) is 3.43. The average molecular weight is 370 g/mol. The van der Waals surface area contributed by atoms with Crippen molar-refractivity contribution in [2.45, 2.75) is 38.4 Å². The zero-order valence-electron chi connectivity index (χ0n) is 15.2. The first-order valence-electron chi connectivity index (χ1n) is 8.46. The number of benzene rings is 2. The average Bonchev–Trinajstić information content (AvgIpc) is 2.84. The Kier molecular flexibility index (Phi) is 4.75. The van der Waals surface area contributed by atoms with Crippen LogP contribution in [0.1, 0.15) is 26.3 Å². The molecule has 140 valence electrons. The van der Waals surface area contributed by atoms with E-state index in [-0.39, 0.29) is 17.8 Å². The highest BCUT2D eigenvalue weighted by molar-refractivity contribution is 6.63. The van der Waals surface area contributed by atoms with Gasteiger partial charge < -0.3 is 9.31 Å². The molecule has 1 unspecified atom stereocenters. The van der Waals surface area contributed by atoms with Crippen LogP contribution in [0, 0.1) is 20.2 Å². The number of nitro benzene ring substituents is 2. The largest absolute Gasteiger partial charge is 0.501 e. The van der Waals surface area contributed by atoms with Gasteiger partial charge >= 0.3 is 7.12 Å². The molecule has 1 heterocycles. The van der Waals surface area contributed by atoms with Crippen molar-refractivity contribution in [3.63, 3.8) is 0 Å². The molecule has 2 aromatic rings. The van der Waals surface area contributed by atoms with Gasteiger partial charge in [0.05, 0.1) is 26.5 Å². The number of rotatable bonds is 5. The predicted molar refractivity (Wildman–Crippen MR) is 99.9 cm³/mol. The highest BCUT2D eigenvalue weighted by Crippen LogP contribution is 2.41. The van der Waals surface area contributed by atoms with E-state index in [0.29, 0.717) is 11.0 Å². The van der Waals surface area contributed by atoms with Gasteiger partial charge in [0.2, 0.25) is 0 Å². The Morgan fingerprint density at radius 2 is 1.44 bits per heavy atom. The molecule has 9 heteroatoms. The standard InChI is InChI=1S/C18H19BN2O6/c1-17(2)18(3,12-13-8-4-6-10-15(13)20(22)23)27-19(26-17)14-9-5-7-11-16(14)21(24)25/h4-11H,12H2,1-3H3. The van der Waals surface area contributed by atoms with Crippen LogP contribution >= 0.6 is 0 Å². The highest BCUT2D eigenvalue weighted by Gasteiger charge is 2.56. The summed E-state index contributed by atoms with van der Waals surface area (Å²) >= 11 is 0. The van der Waals surface area contributed by atoms with Crippen LogP contribution in [0.25, 0.3) is 0 Å². The molecule has 2 aromatic carbocycles. The molecule has 0 aromatic heterocycles. The number of hydrogen-bond acceptors (Lipinski definition) is 6. The molecule has 0 radical (unpaired) electrons. The lowest BCUT2D eigenvalue weighted by molar-refractivity contribution is -0.385. The van der Waals surface area contributed by atoms with Crippen molar-refractivity contribution in [3.05, 3.63) is 74.3 Å². The second kappa shape index (κ2) is 6.75. The molecule has 0 saturated carbocycles. The molecule has 1 aliphatic heterocycles. The Morgan fingerprint density at radius 1 is 0.889 bits per heavy atom. The van der Waals surface area contributed by atoms with Crippen LogP contribution in [-0.4, -0.2) is 28.2 Å². The van der Waals surface area contributed by atoms with Gasteiger partial charge in [-0.25, -0.2) is 0 Å². The molecule has 0 amide bonds. The third-order valence-electron chi connectivity index (χ3n) is 5.15. The van der Waals surface area contributed by atoms with Gasteiger partial charge in [-0.05, 0) is 20.8 Å². The number of para-hydroxylation sites is 2. The van der Waals surface area contributed by atoms with E-state index in [1.54, 1.807) is 43.3 Å². The maximum Gasteiger partial charge on any atom is 0.501 e. The van der Waals surface area contributed by atoms with Crippen LogP contribution in [0.3, 0.4) is 0 Å². The van der Waals surface area contributed by atoms with Crippen LogP contribution in [0.4, 0.5) is 11.4 Å². The van der Waals surface area contributed by atoms with E-state index in [2.05, 4.69) is 0 Å². The van der Waals surface area contributed by atoms with Gasteiger partial charge in [0.1, 0.15) is 0 Å². The minimum atomic E-state index is -0.936. The first kappa shape index (κ1) is 19.0. The van der Waals surface area contributed by atoms with Crippen molar-refractivity contribution in [3.8, 4) is 0 Å². The summed E-state index contributed by atoms with van der Waals surface area (Å²) < 4.78 is 12.1. The van der Waals surface area contributed by atoms with Crippen molar-refractivity contribution in [2.75, 3.05) is 0 Å². The minimum absolute atomic E-state index is 0.00673. The maximum atomic E-state index is 11.3. The maximum absolute atomic E-state index is 11.3. The molecule has 1 saturated heterocycles. The van der Waals surface area contributed by atoms with Gasteiger partial charge in [-0.3, -0.25) is 20.2 Å². The van der Waals surface area contributed by atoms with Gasteiger partial charge in [0.15, 0.2) is 0 Å². The molecule has 1 atom stereocenters. The zero-order valence-corrected chi connectivity index (χ0v) is 15.2. The molecule has 0 bridgehead atoms. The second-order valence-corrected chi connectivity index (χ2v) is 7.19. The van der Waals surface area contributed by atoms with Gasteiger partial charge in [-0.15, -0.1) is 0 Å². The van der Waals surface area contributed by atoms with Crippen LogP contribution in [0.5, 0.6) is 0 Å². The van der Waals surface area contributed by atoms with E-state index in [4.69, 9.17) is 9.31 Å². The Bertz CT molecular complexity index is 903. The van der Waals surface area contributed by atoms with Gasteiger partial charge in [-0.2, -0.15) is 0 Å². The summed E-state index contributed by atoms with van der Waals surface area (Å²) in [4.78, 5) is 21.7. The first-order valence-corrected chi connectivity index (χ1v) is 8.46. The monoisotopic (exact) mass is 370 g/mol. The first-order chi connectivity index (χ1) is 12.6. The molecule has 3 rings (SSSR count). The molecular weight excluding hydrogens is 351 g/mol. The summed E-state index contributed by atoms with van der Waals surface area (Å²) in [7, 11) is -0.936. The fourth-order valence-electron chi connectivity index (χ4n) is 3.23. The Morgan fingerprint density at radius 3 is 2.07 bits per heavy atom. The Hall–Kier alpha value is -2.78. The second-order valence-electron chi connectivity index (χ2n) is 7.19. The summed E-state index contributed by atoms with van der Waals surface area (Å²) in [5.74, 6) is 0. The normalized spacial score (nSPS) is 21.2. The minimum Gasteiger partial charge on any atom is -0.399 e. The lowest BCUT2D eigenvalue weighted by Crippen LogP contribution is -2.46. The van der Waals surface area contributed by atoms with Gasteiger partial charge in [0, 0.05) is 24.1 Å². The van der Waals surface area contributed by atoms with E-state index in [1.807, 2.05) is 13.8 Å².